The van der Waals surface area contributed by atoms with Gasteiger partial charge in [0.25, 0.3) is 0 Å². The first-order chi connectivity index (χ1) is 8.65. The molecule has 0 aliphatic rings. The Hall–Kier alpha value is -0.770. The molecule has 0 bridgehead atoms. The van der Waals surface area contributed by atoms with Gasteiger partial charge in [-0.25, -0.2) is 4.79 Å². The lowest BCUT2D eigenvalue weighted by Crippen LogP contribution is -2.48. The molecule has 2 unspecified atom stereocenters. The zero-order chi connectivity index (χ0) is 15.1. The highest BCUT2D eigenvalue weighted by molar-refractivity contribution is 5.67. The summed E-state index contributed by atoms with van der Waals surface area (Å²) in [5.74, 6) is 0.467. The van der Waals surface area contributed by atoms with E-state index in [0.29, 0.717) is 18.5 Å². The minimum absolute atomic E-state index is 0.272. The van der Waals surface area contributed by atoms with Crippen molar-refractivity contribution in [1.82, 2.24) is 10.6 Å². The molecule has 2 N–H and O–H groups in total. The molecule has 4 heteroatoms. The van der Waals surface area contributed by atoms with Crippen molar-refractivity contribution in [3.63, 3.8) is 0 Å². The normalized spacial score (nSPS) is 15.2. The van der Waals surface area contributed by atoms with E-state index >= 15 is 0 Å². The predicted octanol–water partition coefficient (Wildman–Crippen LogP) is 3.31. The van der Waals surface area contributed by atoms with Crippen molar-refractivity contribution in [1.29, 1.82) is 0 Å². The van der Waals surface area contributed by atoms with E-state index < -0.39 is 5.60 Å². The average Bonchev–Trinajstić information content (AvgIpc) is 2.21. The van der Waals surface area contributed by atoms with Gasteiger partial charge in [0, 0.05) is 18.6 Å². The van der Waals surface area contributed by atoms with Gasteiger partial charge in [-0.05, 0) is 40.0 Å². The molecule has 0 fully saturated rings. The van der Waals surface area contributed by atoms with Crippen LogP contribution in [0.5, 0.6) is 0 Å². The monoisotopic (exact) mass is 272 g/mol. The summed E-state index contributed by atoms with van der Waals surface area (Å²) >= 11 is 0. The maximum atomic E-state index is 11.6. The third-order valence-corrected chi connectivity index (χ3v) is 2.89. The Morgan fingerprint density at radius 2 is 1.79 bits per heavy atom. The predicted molar refractivity (Wildman–Crippen MR) is 80.4 cm³/mol. The fourth-order valence-corrected chi connectivity index (χ4v) is 1.88. The third kappa shape index (κ3) is 9.77. The molecule has 0 aromatic rings. The van der Waals surface area contributed by atoms with Crippen LogP contribution in [0.4, 0.5) is 4.79 Å². The van der Waals surface area contributed by atoms with Gasteiger partial charge in [0.1, 0.15) is 5.60 Å². The van der Waals surface area contributed by atoms with Crippen LogP contribution in [0.15, 0.2) is 0 Å². The van der Waals surface area contributed by atoms with Crippen LogP contribution in [-0.4, -0.2) is 30.3 Å². The summed E-state index contributed by atoms with van der Waals surface area (Å²) in [4.78, 5) is 11.6. The van der Waals surface area contributed by atoms with Crippen LogP contribution in [0.25, 0.3) is 0 Å². The second kappa shape index (κ2) is 8.41. The topological polar surface area (TPSA) is 50.4 Å². The number of carbonyl (C=O) groups is 1. The molecule has 4 nitrogen and oxygen atoms in total. The number of alkyl carbamates (subject to hydrolysis) is 1. The molecule has 0 aliphatic carbocycles. The van der Waals surface area contributed by atoms with Gasteiger partial charge in [-0.2, -0.15) is 0 Å². The molecule has 0 aliphatic heterocycles. The summed E-state index contributed by atoms with van der Waals surface area (Å²) in [7, 11) is 0. The fourth-order valence-electron chi connectivity index (χ4n) is 1.88. The Morgan fingerprint density at radius 3 is 2.21 bits per heavy atom. The Bertz CT molecular complexity index is 259. The molecular formula is C15H32N2O2. The van der Waals surface area contributed by atoms with E-state index in [1.807, 2.05) is 20.8 Å². The zero-order valence-corrected chi connectivity index (χ0v) is 13.7. The molecule has 0 heterocycles. The van der Waals surface area contributed by atoms with Crippen molar-refractivity contribution in [3.8, 4) is 0 Å². The molecule has 2 atom stereocenters. The van der Waals surface area contributed by atoms with E-state index in [1.54, 1.807) is 0 Å². The van der Waals surface area contributed by atoms with Crippen LogP contribution in [-0.2, 0) is 4.74 Å². The van der Waals surface area contributed by atoms with E-state index in [2.05, 4.69) is 38.3 Å². The molecule has 0 saturated carbocycles. The Labute approximate surface area is 118 Å². The van der Waals surface area contributed by atoms with Crippen molar-refractivity contribution >= 4 is 6.09 Å². The molecule has 0 radical (unpaired) electrons. The zero-order valence-electron chi connectivity index (χ0n) is 13.7. The molecular weight excluding hydrogens is 240 g/mol. The quantitative estimate of drug-likeness (QED) is 0.747. The maximum absolute atomic E-state index is 11.6. The number of amides is 1. The molecule has 0 aromatic carbocycles. The first-order valence-electron chi connectivity index (χ1n) is 7.38. The lowest BCUT2D eigenvalue weighted by Gasteiger charge is -2.27. The number of ether oxygens (including phenoxy) is 1. The number of nitrogens with one attached hydrogen (secondary N) is 2. The fraction of sp³-hybridized carbons (Fsp3) is 0.933. The van der Waals surface area contributed by atoms with Gasteiger partial charge in [-0.15, -0.1) is 0 Å². The van der Waals surface area contributed by atoms with Crippen LogP contribution in [0, 0.1) is 5.92 Å². The largest absolute Gasteiger partial charge is 0.444 e. The third-order valence-electron chi connectivity index (χ3n) is 2.89. The molecule has 0 saturated heterocycles. The van der Waals surface area contributed by atoms with Crippen LogP contribution < -0.4 is 10.6 Å². The van der Waals surface area contributed by atoms with Crippen LogP contribution in [0.1, 0.15) is 61.3 Å². The minimum Gasteiger partial charge on any atom is -0.444 e. The van der Waals surface area contributed by atoms with Gasteiger partial charge in [-0.1, -0.05) is 27.2 Å². The highest BCUT2D eigenvalue weighted by Gasteiger charge is 2.19. The lowest BCUT2D eigenvalue weighted by atomic mass is 10.0. The molecule has 114 valence electrons. The van der Waals surface area contributed by atoms with E-state index in [9.17, 15) is 4.79 Å². The summed E-state index contributed by atoms with van der Waals surface area (Å²) in [6, 6.07) is 0.743. The first kappa shape index (κ1) is 18.2. The standard InChI is InChI=1S/C15H32N2O2/c1-8-9-12(4)17-13(11(2)3)10-16-14(18)19-15(5,6)7/h11-13,17H,8-10H2,1-7H3,(H,16,18). The molecule has 0 spiro atoms. The summed E-state index contributed by atoms with van der Waals surface area (Å²) in [6.07, 6.45) is 1.97. The number of carbonyl (C=O) groups excluding carboxylic acids is 1. The second-order valence-corrected chi connectivity index (χ2v) is 6.59. The van der Waals surface area contributed by atoms with Crippen molar-refractivity contribution in [3.05, 3.63) is 0 Å². The molecule has 19 heavy (non-hydrogen) atoms. The number of hydrogen-bond donors (Lipinski definition) is 2. The Morgan fingerprint density at radius 1 is 1.21 bits per heavy atom. The van der Waals surface area contributed by atoms with Crippen LogP contribution in [0.3, 0.4) is 0 Å². The minimum atomic E-state index is -0.444. The number of rotatable bonds is 7. The lowest BCUT2D eigenvalue weighted by molar-refractivity contribution is 0.0518. The van der Waals surface area contributed by atoms with E-state index in [4.69, 9.17) is 4.74 Å². The smallest absolute Gasteiger partial charge is 0.407 e. The summed E-state index contributed by atoms with van der Waals surface area (Å²) in [5, 5.41) is 6.41. The average molecular weight is 272 g/mol. The molecule has 1 amide bonds. The molecule has 0 rings (SSSR count). The highest BCUT2D eigenvalue weighted by atomic mass is 16.6. The van der Waals surface area contributed by atoms with Gasteiger partial charge in [0.15, 0.2) is 0 Å². The van der Waals surface area contributed by atoms with E-state index in [0.717, 1.165) is 6.42 Å². The van der Waals surface area contributed by atoms with E-state index in [-0.39, 0.29) is 12.1 Å². The summed E-state index contributed by atoms with van der Waals surface area (Å²) in [5.41, 5.74) is -0.444. The molecule has 0 aromatic heterocycles. The van der Waals surface area contributed by atoms with Crippen molar-refractivity contribution in [2.75, 3.05) is 6.54 Å². The van der Waals surface area contributed by atoms with Gasteiger partial charge in [-0.3, -0.25) is 0 Å². The first-order valence-corrected chi connectivity index (χ1v) is 7.38. The highest BCUT2D eigenvalue weighted by Crippen LogP contribution is 2.08. The Kier molecular flexibility index (Phi) is 8.07. The van der Waals surface area contributed by atoms with Gasteiger partial charge in [0.2, 0.25) is 0 Å². The van der Waals surface area contributed by atoms with Gasteiger partial charge in [0.05, 0.1) is 0 Å². The Balaban J connectivity index is 4.18. The van der Waals surface area contributed by atoms with Crippen LogP contribution in [0.2, 0.25) is 0 Å². The summed E-state index contributed by atoms with van der Waals surface area (Å²) < 4.78 is 5.24. The number of hydrogen-bond acceptors (Lipinski definition) is 3. The van der Waals surface area contributed by atoms with Crippen molar-refractivity contribution < 1.29 is 9.53 Å². The maximum Gasteiger partial charge on any atom is 0.407 e. The van der Waals surface area contributed by atoms with Gasteiger partial charge >= 0.3 is 6.09 Å². The SMILES string of the molecule is CCCC(C)NC(CNC(=O)OC(C)(C)C)C(C)C. The van der Waals surface area contributed by atoms with Crippen molar-refractivity contribution in [2.24, 2.45) is 5.92 Å². The van der Waals surface area contributed by atoms with Crippen LogP contribution >= 0.6 is 0 Å². The van der Waals surface area contributed by atoms with E-state index in [1.165, 1.54) is 6.42 Å². The van der Waals surface area contributed by atoms with Gasteiger partial charge < -0.3 is 15.4 Å². The summed E-state index contributed by atoms with van der Waals surface area (Å²) in [6.45, 7) is 14.9. The second-order valence-electron chi connectivity index (χ2n) is 6.59. The van der Waals surface area contributed by atoms with Crippen molar-refractivity contribution in [2.45, 2.75) is 79.0 Å².